The van der Waals surface area contributed by atoms with Gasteiger partial charge in [0.25, 0.3) is 0 Å². The predicted molar refractivity (Wildman–Crippen MR) is 67.5 cm³/mol. The second-order valence-corrected chi connectivity index (χ2v) is 6.46. The molecule has 3 heteroatoms. The van der Waals surface area contributed by atoms with Crippen molar-refractivity contribution in [3.63, 3.8) is 0 Å². The molecule has 0 aromatic rings. The van der Waals surface area contributed by atoms with Crippen LogP contribution in [0.2, 0.25) is 0 Å². The highest BCUT2D eigenvalue weighted by atomic mass is 32.2. The van der Waals surface area contributed by atoms with Crippen molar-refractivity contribution in [3.8, 4) is 0 Å². The van der Waals surface area contributed by atoms with Crippen molar-refractivity contribution in [2.45, 2.75) is 33.6 Å². The van der Waals surface area contributed by atoms with Gasteiger partial charge in [-0.1, -0.05) is 20.8 Å². The Bertz CT molecular complexity index is 202. The van der Waals surface area contributed by atoms with Crippen molar-refractivity contribution < 1.29 is 4.79 Å². The zero-order chi connectivity index (χ0) is 11.3. The normalized spacial score (nSPS) is 19.9. The number of nitrogens with zero attached hydrogens (tertiary/aromatic N) is 1. The summed E-state index contributed by atoms with van der Waals surface area (Å²) >= 11 is 2.03. The van der Waals surface area contributed by atoms with E-state index in [2.05, 4.69) is 4.90 Å². The van der Waals surface area contributed by atoms with Crippen molar-refractivity contribution in [3.05, 3.63) is 0 Å². The molecule has 1 aliphatic rings. The van der Waals surface area contributed by atoms with Crippen LogP contribution in [0.3, 0.4) is 0 Å². The summed E-state index contributed by atoms with van der Waals surface area (Å²) in [5, 5.41) is 0. The van der Waals surface area contributed by atoms with Crippen LogP contribution in [0.5, 0.6) is 0 Å². The summed E-state index contributed by atoms with van der Waals surface area (Å²) in [5.74, 6) is 2.90. The molecule has 15 heavy (non-hydrogen) atoms. The number of rotatable bonds is 3. The quantitative estimate of drug-likeness (QED) is 0.741. The van der Waals surface area contributed by atoms with Crippen molar-refractivity contribution in [1.82, 2.24) is 4.90 Å². The van der Waals surface area contributed by atoms with E-state index in [1.165, 1.54) is 24.5 Å². The second-order valence-electron chi connectivity index (χ2n) is 5.23. The van der Waals surface area contributed by atoms with E-state index in [1.807, 2.05) is 32.5 Å². The smallest absolute Gasteiger partial charge is 0.139 e. The molecule has 2 nitrogen and oxygen atoms in total. The number of carbonyl (C=O) groups is 1. The molecule has 0 aromatic carbocycles. The summed E-state index contributed by atoms with van der Waals surface area (Å²) in [7, 11) is 0. The van der Waals surface area contributed by atoms with E-state index >= 15 is 0 Å². The Morgan fingerprint density at radius 2 is 2.00 bits per heavy atom. The monoisotopic (exact) mass is 229 g/mol. The van der Waals surface area contributed by atoms with Crippen LogP contribution in [0.4, 0.5) is 0 Å². The molecule has 1 saturated heterocycles. The molecule has 0 unspecified atom stereocenters. The summed E-state index contributed by atoms with van der Waals surface area (Å²) in [4.78, 5) is 14.2. The van der Waals surface area contributed by atoms with Gasteiger partial charge in [0.15, 0.2) is 0 Å². The molecule has 0 N–H and O–H groups in total. The summed E-state index contributed by atoms with van der Waals surface area (Å²) in [6, 6.07) is 0. The maximum atomic E-state index is 11.8. The van der Waals surface area contributed by atoms with Gasteiger partial charge in [0.2, 0.25) is 0 Å². The number of Topliss-reactive ketones (excluding diaryl/α,β-unsaturated/α-hetero) is 1. The highest BCUT2D eigenvalue weighted by Gasteiger charge is 2.21. The molecule has 0 amide bonds. The molecule has 0 radical (unpaired) electrons. The predicted octanol–water partition coefficient (Wildman–Crippen LogP) is 2.43. The lowest BCUT2D eigenvalue weighted by atomic mass is 9.89. The van der Waals surface area contributed by atoms with E-state index in [4.69, 9.17) is 0 Å². The van der Waals surface area contributed by atoms with Gasteiger partial charge in [-0.15, -0.1) is 0 Å². The number of hydrogen-bond donors (Lipinski definition) is 0. The van der Waals surface area contributed by atoms with Gasteiger partial charge in [-0.25, -0.2) is 0 Å². The Labute approximate surface area is 97.8 Å². The second kappa shape index (κ2) is 5.90. The molecule has 88 valence electrons. The van der Waals surface area contributed by atoms with Crippen LogP contribution in [0, 0.1) is 5.41 Å². The number of thioether (sulfide) groups is 1. The molecule has 0 spiro atoms. The number of carbonyl (C=O) groups excluding carboxylic acids is 1. The van der Waals surface area contributed by atoms with Gasteiger partial charge < -0.3 is 4.90 Å². The Hall–Kier alpha value is -0.0200. The minimum absolute atomic E-state index is 0.166. The fraction of sp³-hybridized carbons (Fsp3) is 0.917. The Balaban J connectivity index is 2.26. The lowest BCUT2D eigenvalue weighted by Crippen LogP contribution is -2.31. The van der Waals surface area contributed by atoms with Crippen molar-refractivity contribution in [1.29, 1.82) is 0 Å². The summed E-state index contributed by atoms with van der Waals surface area (Å²) in [5.41, 5.74) is -0.166. The van der Waals surface area contributed by atoms with Gasteiger partial charge in [-0.3, -0.25) is 4.79 Å². The average Bonchev–Trinajstić information content (AvgIpc) is 2.40. The van der Waals surface area contributed by atoms with Gasteiger partial charge in [-0.2, -0.15) is 11.8 Å². The molecular formula is C12H23NOS. The minimum Gasteiger partial charge on any atom is -0.302 e. The highest BCUT2D eigenvalue weighted by molar-refractivity contribution is 7.99. The zero-order valence-corrected chi connectivity index (χ0v) is 11.0. The van der Waals surface area contributed by atoms with Crippen LogP contribution in [0.25, 0.3) is 0 Å². The maximum absolute atomic E-state index is 11.8. The third-order valence-electron chi connectivity index (χ3n) is 2.81. The Morgan fingerprint density at radius 1 is 1.27 bits per heavy atom. The van der Waals surface area contributed by atoms with Gasteiger partial charge in [0.1, 0.15) is 5.78 Å². The first-order chi connectivity index (χ1) is 7.00. The Morgan fingerprint density at radius 3 is 2.67 bits per heavy atom. The van der Waals surface area contributed by atoms with Crippen LogP contribution in [-0.2, 0) is 4.79 Å². The minimum atomic E-state index is -0.166. The summed E-state index contributed by atoms with van der Waals surface area (Å²) < 4.78 is 0. The molecule has 1 fully saturated rings. The van der Waals surface area contributed by atoms with Crippen molar-refractivity contribution in [2.75, 3.05) is 31.1 Å². The fourth-order valence-corrected chi connectivity index (χ4v) is 2.58. The molecule has 0 bridgehead atoms. The third kappa shape index (κ3) is 5.03. The van der Waals surface area contributed by atoms with Crippen LogP contribution in [0.1, 0.15) is 33.6 Å². The highest BCUT2D eigenvalue weighted by Crippen LogP contribution is 2.17. The van der Waals surface area contributed by atoms with Gasteiger partial charge in [0, 0.05) is 30.7 Å². The SMILES string of the molecule is CC(C)(C)C(=O)CCN1CCCSCC1. The summed E-state index contributed by atoms with van der Waals surface area (Å²) in [6.45, 7) is 9.30. The van der Waals surface area contributed by atoms with E-state index in [0.29, 0.717) is 12.2 Å². The number of hydrogen-bond acceptors (Lipinski definition) is 3. The fourth-order valence-electron chi connectivity index (χ4n) is 1.66. The topological polar surface area (TPSA) is 20.3 Å². The number of ketones is 1. The Kier molecular flexibility index (Phi) is 5.13. The first-order valence-electron chi connectivity index (χ1n) is 5.83. The van der Waals surface area contributed by atoms with Crippen LogP contribution in [0.15, 0.2) is 0 Å². The standard InChI is InChI=1S/C12H23NOS/c1-12(2,3)11(14)5-7-13-6-4-9-15-10-8-13/h4-10H2,1-3H3. The lowest BCUT2D eigenvalue weighted by Gasteiger charge is -2.22. The molecule has 0 atom stereocenters. The van der Waals surface area contributed by atoms with E-state index in [0.717, 1.165) is 13.1 Å². The first kappa shape index (κ1) is 13.0. The molecule has 1 heterocycles. The molecule has 0 aliphatic carbocycles. The summed E-state index contributed by atoms with van der Waals surface area (Å²) in [6.07, 6.45) is 1.99. The molecular weight excluding hydrogens is 206 g/mol. The van der Waals surface area contributed by atoms with E-state index < -0.39 is 0 Å². The molecule has 0 saturated carbocycles. The van der Waals surface area contributed by atoms with Crippen LogP contribution < -0.4 is 0 Å². The maximum Gasteiger partial charge on any atom is 0.139 e. The van der Waals surface area contributed by atoms with E-state index in [1.54, 1.807) is 0 Å². The van der Waals surface area contributed by atoms with Crippen LogP contribution >= 0.6 is 11.8 Å². The first-order valence-corrected chi connectivity index (χ1v) is 6.99. The van der Waals surface area contributed by atoms with Crippen LogP contribution in [-0.4, -0.2) is 41.8 Å². The van der Waals surface area contributed by atoms with Crippen molar-refractivity contribution >= 4 is 17.5 Å². The third-order valence-corrected chi connectivity index (χ3v) is 3.86. The largest absolute Gasteiger partial charge is 0.302 e. The lowest BCUT2D eigenvalue weighted by molar-refractivity contribution is -0.126. The van der Waals surface area contributed by atoms with Crippen molar-refractivity contribution in [2.24, 2.45) is 5.41 Å². The van der Waals surface area contributed by atoms with E-state index in [-0.39, 0.29) is 5.41 Å². The van der Waals surface area contributed by atoms with Gasteiger partial charge >= 0.3 is 0 Å². The average molecular weight is 229 g/mol. The van der Waals surface area contributed by atoms with E-state index in [9.17, 15) is 4.79 Å². The molecule has 1 rings (SSSR count). The van der Waals surface area contributed by atoms with Gasteiger partial charge in [-0.05, 0) is 18.7 Å². The van der Waals surface area contributed by atoms with Gasteiger partial charge in [0.05, 0.1) is 0 Å². The molecule has 0 aromatic heterocycles. The zero-order valence-electron chi connectivity index (χ0n) is 10.2. The molecule has 1 aliphatic heterocycles.